The summed E-state index contributed by atoms with van der Waals surface area (Å²) in [5, 5.41) is 6.14. The second-order valence-electron chi connectivity index (χ2n) is 12.6. The van der Waals surface area contributed by atoms with E-state index in [1.807, 2.05) is 0 Å². The summed E-state index contributed by atoms with van der Waals surface area (Å²) in [6.07, 6.45) is 3.15. The molecule has 0 aliphatic carbocycles. The summed E-state index contributed by atoms with van der Waals surface area (Å²) in [7, 11) is 1.66. The first-order valence-corrected chi connectivity index (χ1v) is 14.8. The fourth-order valence-corrected chi connectivity index (χ4v) is 5.62. The highest BCUT2D eigenvalue weighted by molar-refractivity contribution is 5.92. The number of anilines is 2. The number of halogens is 4. The van der Waals surface area contributed by atoms with Gasteiger partial charge in [0, 0.05) is 52.1 Å². The number of ether oxygens (including phenoxy) is 1. The highest BCUT2D eigenvalue weighted by Gasteiger charge is 2.39. The first kappa shape index (κ1) is 32.9. The van der Waals surface area contributed by atoms with Gasteiger partial charge in [0.05, 0.1) is 18.4 Å². The first-order valence-electron chi connectivity index (χ1n) is 14.8. The Morgan fingerprint density at radius 3 is 2.37 bits per heavy atom. The molecule has 5 rings (SSSR count). The predicted octanol–water partition coefficient (Wildman–Crippen LogP) is 4.49. The Balaban J connectivity index is 1.23. The molecule has 3 aromatic rings. The van der Waals surface area contributed by atoms with Crippen LogP contribution >= 0.6 is 0 Å². The average Bonchev–Trinajstić information content (AvgIpc) is 3.65. The van der Waals surface area contributed by atoms with Crippen LogP contribution in [0.3, 0.4) is 0 Å². The number of carbonyl (C=O) groups is 2. The minimum Gasteiger partial charge on any atom is -0.444 e. The third kappa shape index (κ3) is 7.48. The number of amides is 2. The molecule has 16 heteroatoms. The van der Waals surface area contributed by atoms with E-state index in [1.165, 1.54) is 12.4 Å². The number of carbonyl (C=O) groups excluding carboxylic acids is 2. The third-order valence-corrected chi connectivity index (χ3v) is 7.97. The van der Waals surface area contributed by atoms with Crippen LogP contribution in [0, 0.1) is 11.6 Å². The van der Waals surface area contributed by atoms with E-state index in [0.717, 1.165) is 18.2 Å². The summed E-state index contributed by atoms with van der Waals surface area (Å²) in [4.78, 5) is 43.5. The van der Waals surface area contributed by atoms with Crippen molar-refractivity contribution in [2.75, 3.05) is 43.0 Å². The Bertz CT molecular complexity index is 1550. The van der Waals surface area contributed by atoms with Crippen molar-refractivity contribution >= 4 is 23.8 Å². The topological polar surface area (TPSA) is 130 Å². The second kappa shape index (κ2) is 12.7. The summed E-state index contributed by atoms with van der Waals surface area (Å²) in [6.45, 7) is 7.10. The van der Waals surface area contributed by atoms with E-state index in [-0.39, 0.29) is 42.3 Å². The lowest BCUT2D eigenvalue weighted by Crippen LogP contribution is -2.46. The van der Waals surface area contributed by atoms with Crippen molar-refractivity contribution in [3.05, 3.63) is 59.3 Å². The SMILES string of the molecule is CN(C(=O)c1cnc(N2CC(NC(=O)OC(C)(C)C)C(c3cc(F)ccc3F)C2)cn1)C1CCN(c2nc(C(C)(F)F)no2)CC1. The predicted molar refractivity (Wildman–Crippen MR) is 158 cm³/mol. The molecule has 2 aliphatic heterocycles. The highest BCUT2D eigenvalue weighted by Crippen LogP contribution is 2.33. The molecule has 2 aromatic heterocycles. The fraction of sp³-hybridized carbons (Fsp3) is 0.533. The first-order chi connectivity index (χ1) is 21.6. The van der Waals surface area contributed by atoms with E-state index in [2.05, 4.69) is 25.4 Å². The van der Waals surface area contributed by atoms with E-state index >= 15 is 0 Å². The van der Waals surface area contributed by atoms with E-state index in [1.54, 1.807) is 42.5 Å². The van der Waals surface area contributed by atoms with Gasteiger partial charge < -0.3 is 29.3 Å². The minimum atomic E-state index is -3.21. The van der Waals surface area contributed by atoms with Gasteiger partial charge in [-0.2, -0.15) is 13.8 Å². The zero-order valence-corrected chi connectivity index (χ0v) is 26.1. The van der Waals surface area contributed by atoms with Gasteiger partial charge in [-0.05, 0) is 57.4 Å². The van der Waals surface area contributed by atoms with Crippen LogP contribution in [0.2, 0.25) is 0 Å². The maximum absolute atomic E-state index is 14.8. The smallest absolute Gasteiger partial charge is 0.407 e. The van der Waals surface area contributed by atoms with Crippen molar-refractivity contribution in [3.8, 4) is 0 Å². The number of rotatable bonds is 7. The van der Waals surface area contributed by atoms with Crippen LogP contribution < -0.4 is 15.1 Å². The lowest BCUT2D eigenvalue weighted by Gasteiger charge is -2.35. The molecule has 2 amide bonds. The van der Waals surface area contributed by atoms with Crippen LogP contribution in [0.15, 0.2) is 35.1 Å². The van der Waals surface area contributed by atoms with Crippen LogP contribution in [0.1, 0.15) is 68.3 Å². The van der Waals surface area contributed by atoms with Crippen molar-refractivity contribution < 1.29 is 36.4 Å². The maximum atomic E-state index is 14.8. The number of aromatic nitrogens is 4. The molecule has 0 bridgehead atoms. The van der Waals surface area contributed by atoms with Gasteiger partial charge in [0.15, 0.2) is 0 Å². The van der Waals surface area contributed by atoms with Crippen LogP contribution in [0.5, 0.6) is 0 Å². The summed E-state index contributed by atoms with van der Waals surface area (Å²) in [5.41, 5.74) is -0.539. The van der Waals surface area contributed by atoms with Gasteiger partial charge >= 0.3 is 18.0 Å². The van der Waals surface area contributed by atoms with Gasteiger partial charge in [-0.25, -0.2) is 23.5 Å². The minimum absolute atomic E-state index is 0.0123. The van der Waals surface area contributed by atoms with Crippen molar-refractivity contribution in [2.24, 2.45) is 0 Å². The number of benzene rings is 1. The number of alkyl carbamates (subject to hydrolysis) is 1. The van der Waals surface area contributed by atoms with E-state index in [9.17, 15) is 27.2 Å². The van der Waals surface area contributed by atoms with E-state index in [0.29, 0.717) is 38.7 Å². The Hall–Kier alpha value is -4.50. The number of hydrogen-bond donors (Lipinski definition) is 1. The molecule has 2 atom stereocenters. The average molecular weight is 649 g/mol. The molecule has 2 aliphatic rings. The van der Waals surface area contributed by atoms with Crippen LogP contribution in [-0.4, -0.2) is 87.9 Å². The standard InChI is InChI=1S/C30H36F4N8O4/c1-29(2,3)45-28(44)37-23-16-42(15-20(23)19-12-17(31)6-7-21(19)32)24-14-35-22(13-36-24)25(43)40(5)18-8-10-41(11-9-18)27-38-26(39-46-27)30(4,33)34/h6-7,12-14,18,20,23H,8-11,15-16H2,1-5H3,(H,37,44). The molecule has 248 valence electrons. The van der Waals surface area contributed by atoms with Crippen LogP contribution in [-0.2, 0) is 10.7 Å². The molecule has 2 fully saturated rings. The molecule has 4 heterocycles. The van der Waals surface area contributed by atoms with Gasteiger partial charge in [0.2, 0.25) is 5.82 Å². The number of piperidine rings is 1. The summed E-state index contributed by atoms with van der Waals surface area (Å²) >= 11 is 0. The second-order valence-corrected chi connectivity index (χ2v) is 12.6. The largest absolute Gasteiger partial charge is 0.444 e. The Morgan fingerprint density at radius 2 is 1.76 bits per heavy atom. The number of nitrogens with zero attached hydrogens (tertiary/aromatic N) is 7. The van der Waals surface area contributed by atoms with E-state index < -0.39 is 47.0 Å². The molecule has 0 radical (unpaired) electrons. The van der Waals surface area contributed by atoms with Crippen molar-refractivity contribution in [3.63, 3.8) is 0 Å². The fourth-order valence-electron chi connectivity index (χ4n) is 5.62. The van der Waals surface area contributed by atoms with Gasteiger partial charge in [0.25, 0.3) is 5.91 Å². The molecule has 0 saturated carbocycles. The lowest BCUT2D eigenvalue weighted by atomic mass is 9.94. The molecular formula is C30H36F4N8O4. The van der Waals surface area contributed by atoms with E-state index in [4.69, 9.17) is 9.26 Å². The quantitative estimate of drug-likeness (QED) is 0.366. The lowest BCUT2D eigenvalue weighted by molar-refractivity contribution is 0.00557. The summed E-state index contributed by atoms with van der Waals surface area (Å²) < 4.78 is 66.3. The maximum Gasteiger partial charge on any atom is 0.407 e. The van der Waals surface area contributed by atoms with Crippen molar-refractivity contribution in [1.82, 2.24) is 30.3 Å². The van der Waals surface area contributed by atoms with Gasteiger partial charge in [-0.1, -0.05) is 5.16 Å². The molecule has 0 spiro atoms. The zero-order valence-electron chi connectivity index (χ0n) is 26.1. The molecule has 2 unspecified atom stereocenters. The van der Waals surface area contributed by atoms with Gasteiger partial charge in [0.1, 0.15) is 28.7 Å². The third-order valence-electron chi connectivity index (χ3n) is 7.97. The molecule has 12 nitrogen and oxygen atoms in total. The van der Waals surface area contributed by atoms with Crippen LogP contribution in [0.25, 0.3) is 0 Å². The molecular weight excluding hydrogens is 612 g/mol. The van der Waals surface area contributed by atoms with Gasteiger partial charge in [-0.15, -0.1) is 0 Å². The Morgan fingerprint density at radius 1 is 1.04 bits per heavy atom. The summed E-state index contributed by atoms with van der Waals surface area (Å²) in [5.74, 6) is -5.69. The molecule has 1 aromatic carbocycles. The molecule has 46 heavy (non-hydrogen) atoms. The number of hydrogen-bond acceptors (Lipinski definition) is 10. The Labute approximate surface area is 263 Å². The van der Waals surface area contributed by atoms with Gasteiger partial charge in [-0.3, -0.25) is 4.79 Å². The number of alkyl halides is 2. The molecule has 1 N–H and O–H groups in total. The highest BCUT2D eigenvalue weighted by atomic mass is 19.3. The van der Waals surface area contributed by atoms with Crippen molar-refractivity contribution in [1.29, 1.82) is 0 Å². The number of nitrogens with one attached hydrogen (secondary N) is 1. The monoisotopic (exact) mass is 648 g/mol. The van der Waals surface area contributed by atoms with Crippen LogP contribution in [0.4, 0.5) is 34.2 Å². The van der Waals surface area contributed by atoms with Crippen molar-refractivity contribution in [2.45, 2.75) is 70.1 Å². The zero-order chi connectivity index (χ0) is 33.4. The summed E-state index contributed by atoms with van der Waals surface area (Å²) in [6, 6.07) is 2.42. The Kier molecular flexibility index (Phi) is 9.09. The normalized spacial score (nSPS) is 19.3. The molecule has 2 saturated heterocycles.